The van der Waals surface area contributed by atoms with Gasteiger partial charge in [0.05, 0.1) is 16.9 Å². The number of benzene rings is 1. The summed E-state index contributed by atoms with van der Waals surface area (Å²) >= 11 is 1.12. The molecule has 0 aliphatic rings. The third-order valence-electron chi connectivity index (χ3n) is 3.25. The van der Waals surface area contributed by atoms with Crippen LogP contribution in [0.15, 0.2) is 65.7 Å². The van der Waals surface area contributed by atoms with Gasteiger partial charge in [-0.15, -0.1) is 0 Å². The first-order chi connectivity index (χ1) is 11.6. The van der Waals surface area contributed by atoms with Gasteiger partial charge in [-0.25, -0.2) is 19.3 Å². The number of allylic oxidation sites excluding steroid dienone is 1. The Kier molecular flexibility index (Phi) is 5.10. The van der Waals surface area contributed by atoms with Gasteiger partial charge < -0.3 is 0 Å². The summed E-state index contributed by atoms with van der Waals surface area (Å²) in [5.74, 6) is -1.26. The molecule has 0 unspecified atom stereocenters. The second-order valence-corrected chi connectivity index (χ2v) is 5.94. The van der Waals surface area contributed by atoms with E-state index in [2.05, 4.69) is 15.0 Å². The van der Waals surface area contributed by atoms with Crippen molar-refractivity contribution in [2.75, 3.05) is 5.75 Å². The van der Waals surface area contributed by atoms with Crippen LogP contribution in [0.5, 0.6) is 0 Å². The third-order valence-corrected chi connectivity index (χ3v) is 4.12. The van der Waals surface area contributed by atoms with Crippen molar-refractivity contribution in [3.8, 4) is 11.4 Å². The fourth-order valence-corrected chi connectivity index (χ4v) is 2.85. The molecule has 3 aromatic rings. The molecule has 0 spiro atoms. The molecule has 7 heteroatoms. The smallest absolute Gasteiger partial charge is 0.246 e. The van der Waals surface area contributed by atoms with E-state index in [-0.39, 0.29) is 12.2 Å². The molecule has 1 aromatic carbocycles. The van der Waals surface area contributed by atoms with Crippen LogP contribution in [-0.2, 0) is 0 Å². The second-order valence-electron chi connectivity index (χ2n) is 4.88. The maximum Gasteiger partial charge on any atom is 0.301 e. The minimum absolute atomic E-state index is 0.137. The van der Waals surface area contributed by atoms with Crippen LogP contribution >= 0.6 is 11.8 Å². The number of halogens is 3. The van der Waals surface area contributed by atoms with Gasteiger partial charge in [-0.1, -0.05) is 36.0 Å². The van der Waals surface area contributed by atoms with Gasteiger partial charge in [0.2, 0.25) is 0 Å². The van der Waals surface area contributed by atoms with Gasteiger partial charge in [0.25, 0.3) is 0 Å². The van der Waals surface area contributed by atoms with Gasteiger partial charge in [0, 0.05) is 23.8 Å². The number of nitrogens with zero attached hydrogens (tertiary/aromatic N) is 3. The summed E-state index contributed by atoms with van der Waals surface area (Å²) in [6.45, 7) is 0. The van der Waals surface area contributed by atoms with Crippen LogP contribution in [0, 0.1) is 0 Å². The zero-order valence-electron chi connectivity index (χ0n) is 12.4. The molecule has 3 rings (SSSR count). The highest BCUT2D eigenvalue weighted by molar-refractivity contribution is 7.99. The zero-order valence-corrected chi connectivity index (χ0v) is 13.2. The Morgan fingerprint density at radius 3 is 2.54 bits per heavy atom. The van der Waals surface area contributed by atoms with Crippen LogP contribution in [0.3, 0.4) is 0 Å². The standard InChI is InChI=1S/C17H12F3N3S/c18-12(16(19)20)8-10-24-17-21-9-7-15(23-17)14-6-5-11-3-1-2-4-13(11)22-14/h1-7,9H,8,10H2. The molecule has 0 aliphatic heterocycles. The quantitative estimate of drug-likeness (QED) is 0.467. The molecule has 24 heavy (non-hydrogen) atoms. The maximum atomic E-state index is 12.8. The van der Waals surface area contributed by atoms with Gasteiger partial charge >= 0.3 is 6.08 Å². The van der Waals surface area contributed by atoms with E-state index in [1.54, 1.807) is 12.3 Å². The normalized spacial score (nSPS) is 10.8. The number of para-hydroxylation sites is 1. The monoisotopic (exact) mass is 347 g/mol. The summed E-state index contributed by atoms with van der Waals surface area (Å²) in [5.41, 5.74) is 2.18. The van der Waals surface area contributed by atoms with E-state index in [1.807, 2.05) is 36.4 Å². The Morgan fingerprint density at radius 2 is 1.71 bits per heavy atom. The van der Waals surface area contributed by atoms with E-state index in [0.717, 1.165) is 22.7 Å². The van der Waals surface area contributed by atoms with E-state index in [0.29, 0.717) is 16.5 Å². The van der Waals surface area contributed by atoms with Crippen molar-refractivity contribution in [2.24, 2.45) is 0 Å². The fourth-order valence-electron chi connectivity index (χ4n) is 2.09. The molecule has 0 N–H and O–H groups in total. The van der Waals surface area contributed by atoms with Crippen molar-refractivity contribution < 1.29 is 13.2 Å². The molecule has 3 nitrogen and oxygen atoms in total. The van der Waals surface area contributed by atoms with Crippen LogP contribution < -0.4 is 0 Å². The lowest BCUT2D eigenvalue weighted by Crippen LogP contribution is -1.93. The summed E-state index contributed by atoms with van der Waals surface area (Å²) < 4.78 is 36.8. The number of thioether (sulfide) groups is 1. The Hall–Kier alpha value is -2.41. The van der Waals surface area contributed by atoms with E-state index < -0.39 is 11.9 Å². The molecule has 0 fully saturated rings. The van der Waals surface area contributed by atoms with Crippen LogP contribution in [0.4, 0.5) is 13.2 Å². The van der Waals surface area contributed by atoms with Crippen LogP contribution in [-0.4, -0.2) is 20.7 Å². The molecule has 0 radical (unpaired) electrons. The van der Waals surface area contributed by atoms with Crippen LogP contribution in [0.1, 0.15) is 6.42 Å². The summed E-state index contributed by atoms with van der Waals surface area (Å²) in [5, 5.41) is 1.43. The number of rotatable bonds is 5. The number of fused-ring (bicyclic) bond motifs is 1. The average Bonchev–Trinajstić information content (AvgIpc) is 2.61. The van der Waals surface area contributed by atoms with Crippen molar-refractivity contribution in [1.29, 1.82) is 0 Å². The van der Waals surface area contributed by atoms with Gasteiger partial charge in [0.1, 0.15) is 0 Å². The predicted octanol–water partition coefficient (Wildman–Crippen LogP) is 5.25. The lowest BCUT2D eigenvalue weighted by atomic mass is 10.2. The lowest BCUT2D eigenvalue weighted by Gasteiger charge is -2.04. The second kappa shape index (κ2) is 7.44. The number of pyridine rings is 1. The van der Waals surface area contributed by atoms with E-state index >= 15 is 0 Å². The Morgan fingerprint density at radius 1 is 0.917 bits per heavy atom. The van der Waals surface area contributed by atoms with Gasteiger partial charge in [-0.05, 0) is 18.2 Å². The zero-order chi connectivity index (χ0) is 16.9. The maximum absolute atomic E-state index is 12.8. The molecule has 0 bridgehead atoms. The van der Waals surface area contributed by atoms with E-state index in [4.69, 9.17) is 0 Å². The summed E-state index contributed by atoms with van der Waals surface area (Å²) in [4.78, 5) is 13.0. The molecule has 2 heterocycles. The molecule has 0 saturated carbocycles. The molecule has 2 aromatic heterocycles. The molecule has 0 amide bonds. The summed E-state index contributed by atoms with van der Waals surface area (Å²) in [6.07, 6.45) is -1.05. The van der Waals surface area contributed by atoms with Gasteiger partial charge in [-0.2, -0.15) is 8.78 Å². The molecule has 0 saturated heterocycles. The van der Waals surface area contributed by atoms with E-state index in [9.17, 15) is 13.2 Å². The Balaban J connectivity index is 1.78. The molecular formula is C17H12F3N3S. The number of hydrogen-bond donors (Lipinski definition) is 0. The number of hydrogen-bond acceptors (Lipinski definition) is 4. The molecule has 122 valence electrons. The summed E-state index contributed by atoms with van der Waals surface area (Å²) in [6, 6.07) is 13.3. The Labute approximate surface area is 140 Å². The van der Waals surface area contributed by atoms with Gasteiger partial charge in [-0.3, -0.25) is 0 Å². The highest BCUT2D eigenvalue weighted by atomic mass is 32.2. The predicted molar refractivity (Wildman–Crippen MR) is 88.5 cm³/mol. The first-order valence-corrected chi connectivity index (χ1v) is 8.14. The van der Waals surface area contributed by atoms with Crippen molar-refractivity contribution in [2.45, 2.75) is 11.6 Å². The van der Waals surface area contributed by atoms with Crippen molar-refractivity contribution in [3.63, 3.8) is 0 Å². The lowest BCUT2D eigenvalue weighted by molar-refractivity contribution is 0.373. The molecule has 0 atom stereocenters. The van der Waals surface area contributed by atoms with Crippen LogP contribution in [0.2, 0.25) is 0 Å². The first kappa shape index (κ1) is 16.4. The molecule has 0 aliphatic carbocycles. The topological polar surface area (TPSA) is 38.7 Å². The first-order valence-electron chi connectivity index (χ1n) is 7.15. The highest BCUT2D eigenvalue weighted by Gasteiger charge is 2.08. The fraction of sp³-hybridized carbons (Fsp3) is 0.118. The van der Waals surface area contributed by atoms with Crippen molar-refractivity contribution in [3.05, 3.63) is 60.6 Å². The SMILES string of the molecule is FC(F)=C(F)CCSc1nccc(-c2ccc3ccccc3n2)n1. The third kappa shape index (κ3) is 3.91. The highest BCUT2D eigenvalue weighted by Crippen LogP contribution is 2.23. The minimum atomic E-state index is -2.27. The minimum Gasteiger partial charge on any atom is -0.246 e. The number of aromatic nitrogens is 3. The van der Waals surface area contributed by atoms with Crippen molar-refractivity contribution in [1.82, 2.24) is 15.0 Å². The van der Waals surface area contributed by atoms with Crippen LogP contribution in [0.25, 0.3) is 22.3 Å². The largest absolute Gasteiger partial charge is 0.301 e. The van der Waals surface area contributed by atoms with Gasteiger partial charge in [0.15, 0.2) is 11.0 Å². The Bertz CT molecular complexity index is 895. The van der Waals surface area contributed by atoms with E-state index in [1.165, 1.54) is 0 Å². The molecular weight excluding hydrogens is 335 g/mol. The average molecular weight is 347 g/mol. The summed E-state index contributed by atoms with van der Waals surface area (Å²) in [7, 11) is 0. The van der Waals surface area contributed by atoms with Crippen molar-refractivity contribution >= 4 is 22.7 Å².